The van der Waals surface area contributed by atoms with Crippen molar-refractivity contribution in [2.75, 3.05) is 6.54 Å². The van der Waals surface area contributed by atoms with Crippen LogP contribution in [0, 0.1) is 10.1 Å². The molecule has 0 fully saturated rings. The Balaban J connectivity index is 1.33. The van der Waals surface area contributed by atoms with Crippen molar-refractivity contribution >= 4 is 22.3 Å². The van der Waals surface area contributed by atoms with E-state index in [0.717, 1.165) is 53.4 Å². The predicted octanol–water partition coefficient (Wildman–Crippen LogP) is 5.54. The van der Waals surface area contributed by atoms with E-state index in [1.54, 1.807) is 12.1 Å². The number of carboxylic acids is 1. The van der Waals surface area contributed by atoms with Gasteiger partial charge in [-0.3, -0.25) is 19.8 Å². The van der Waals surface area contributed by atoms with E-state index in [9.17, 15) is 14.9 Å². The lowest BCUT2D eigenvalue weighted by atomic mass is 9.96. The molecule has 4 rings (SSSR count). The fraction of sp³-hybridized carbons (Fsp3) is 0.269. The molecule has 0 aliphatic carbocycles. The van der Waals surface area contributed by atoms with Crippen molar-refractivity contribution in [1.29, 1.82) is 0 Å². The topological polar surface area (TPSA) is 92.9 Å². The number of allylic oxidation sites excluding steroid dienone is 1. The normalized spacial score (nSPS) is 14.2. The second-order valence-corrected chi connectivity index (χ2v) is 9.48. The number of thiophene rings is 1. The Morgan fingerprint density at radius 2 is 2.00 bits per heavy atom. The van der Waals surface area contributed by atoms with Crippen LogP contribution < -0.4 is 4.74 Å². The van der Waals surface area contributed by atoms with Crippen LogP contribution in [0.2, 0.25) is 0 Å². The second-order valence-electron chi connectivity index (χ2n) is 8.37. The van der Waals surface area contributed by atoms with Crippen molar-refractivity contribution in [3.05, 3.63) is 104 Å². The number of hydrogen-bond donors (Lipinski definition) is 1. The monoisotopic (exact) mass is 478 g/mol. The van der Waals surface area contributed by atoms with Gasteiger partial charge in [-0.15, -0.1) is 6.58 Å². The Labute approximate surface area is 202 Å². The molecule has 1 aromatic heterocycles. The molecule has 0 unspecified atom stereocenters. The molecule has 2 heterocycles. The van der Waals surface area contributed by atoms with Crippen molar-refractivity contribution in [1.82, 2.24) is 4.90 Å². The largest absolute Gasteiger partial charge is 0.489 e. The van der Waals surface area contributed by atoms with Crippen LogP contribution in [-0.2, 0) is 30.9 Å². The summed E-state index contributed by atoms with van der Waals surface area (Å²) in [6, 6.07) is 17.4. The minimum absolute atomic E-state index is 0.0120. The number of fused-ring (bicyclic) bond motifs is 1. The number of carboxylic acid groups (broad SMARTS) is 1. The van der Waals surface area contributed by atoms with Gasteiger partial charge in [0.1, 0.15) is 12.4 Å². The molecule has 1 N–H and O–H groups in total. The van der Waals surface area contributed by atoms with Gasteiger partial charge < -0.3 is 9.84 Å². The van der Waals surface area contributed by atoms with E-state index >= 15 is 0 Å². The van der Waals surface area contributed by atoms with Gasteiger partial charge in [0.05, 0.1) is 11.3 Å². The SMILES string of the molecule is C=C[C@@H](CC(=O)O)c1ccc(OCc2cccc(CN3CCc4sc([N+](=O)[O-])cc4C3)c2)cc1. The molecule has 3 aromatic rings. The standard InChI is InChI=1S/C26H26N2O5S/c1-2-20(14-26(29)30)21-6-8-23(9-7-21)33-17-19-5-3-4-18(12-19)15-27-11-10-24-22(16-27)13-25(34-24)28(31)32/h2-9,12-13,20H,1,10-11,14-17H2,(H,29,30)/t20-/m0/s1. The maximum Gasteiger partial charge on any atom is 0.324 e. The molecule has 0 bridgehead atoms. The molecule has 1 atom stereocenters. The van der Waals surface area contributed by atoms with E-state index in [4.69, 9.17) is 9.84 Å². The minimum atomic E-state index is -0.855. The molecule has 7 nitrogen and oxygen atoms in total. The van der Waals surface area contributed by atoms with E-state index in [0.29, 0.717) is 6.61 Å². The Hall–Kier alpha value is -3.49. The first-order valence-electron chi connectivity index (χ1n) is 11.0. The molecule has 1 aliphatic heterocycles. The lowest BCUT2D eigenvalue weighted by Crippen LogP contribution is -2.29. The van der Waals surface area contributed by atoms with Gasteiger partial charge in [-0.1, -0.05) is 53.8 Å². The molecular formula is C26H26N2O5S. The summed E-state index contributed by atoms with van der Waals surface area (Å²) in [6.07, 6.45) is 2.50. The van der Waals surface area contributed by atoms with Crippen LogP contribution >= 0.6 is 11.3 Å². The molecule has 1 aliphatic rings. The number of nitrogens with zero attached hydrogens (tertiary/aromatic N) is 2. The van der Waals surface area contributed by atoms with Gasteiger partial charge in [0, 0.05) is 36.5 Å². The zero-order valence-electron chi connectivity index (χ0n) is 18.7. The number of benzene rings is 2. The summed E-state index contributed by atoms with van der Waals surface area (Å²) >= 11 is 1.29. The summed E-state index contributed by atoms with van der Waals surface area (Å²) in [6.45, 7) is 6.54. The van der Waals surface area contributed by atoms with Gasteiger partial charge in [-0.2, -0.15) is 0 Å². The van der Waals surface area contributed by atoms with Gasteiger partial charge in [0.25, 0.3) is 0 Å². The van der Waals surface area contributed by atoms with Crippen molar-refractivity contribution in [3.8, 4) is 5.75 Å². The summed E-state index contributed by atoms with van der Waals surface area (Å²) in [5, 5.41) is 20.3. The van der Waals surface area contributed by atoms with Crippen LogP contribution in [0.1, 0.15) is 39.5 Å². The zero-order chi connectivity index (χ0) is 24.1. The average Bonchev–Trinajstić information content (AvgIpc) is 3.26. The van der Waals surface area contributed by atoms with E-state index in [1.165, 1.54) is 16.9 Å². The smallest absolute Gasteiger partial charge is 0.324 e. The highest BCUT2D eigenvalue weighted by Gasteiger charge is 2.23. The first-order chi connectivity index (χ1) is 16.4. The van der Waals surface area contributed by atoms with Crippen molar-refractivity contribution < 1.29 is 19.6 Å². The first-order valence-corrected chi connectivity index (χ1v) is 11.9. The van der Waals surface area contributed by atoms with Crippen LogP contribution in [0.5, 0.6) is 5.75 Å². The van der Waals surface area contributed by atoms with Gasteiger partial charge >= 0.3 is 11.0 Å². The van der Waals surface area contributed by atoms with E-state index in [2.05, 4.69) is 23.6 Å². The fourth-order valence-electron chi connectivity index (χ4n) is 4.18. The second kappa shape index (κ2) is 10.6. The molecule has 34 heavy (non-hydrogen) atoms. The Kier molecular flexibility index (Phi) is 7.40. The first kappa shape index (κ1) is 23.7. The van der Waals surface area contributed by atoms with Crippen molar-refractivity contribution in [3.63, 3.8) is 0 Å². The molecule has 2 aromatic carbocycles. The Morgan fingerprint density at radius 1 is 1.24 bits per heavy atom. The number of hydrogen-bond acceptors (Lipinski definition) is 6. The third-order valence-corrected chi connectivity index (χ3v) is 7.09. The Morgan fingerprint density at radius 3 is 2.71 bits per heavy atom. The number of ether oxygens (including phenoxy) is 1. The summed E-state index contributed by atoms with van der Waals surface area (Å²) in [4.78, 5) is 25.2. The number of carbonyl (C=O) groups is 1. The quantitative estimate of drug-likeness (QED) is 0.234. The summed E-state index contributed by atoms with van der Waals surface area (Å²) in [5.41, 5.74) is 4.19. The number of aliphatic carboxylic acids is 1. The lowest BCUT2D eigenvalue weighted by Gasteiger charge is -2.26. The molecule has 176 valence electrons. The molecule has 0 saturated heterocycles. The van der Waals surface area contributed by atoms with Gasteiger partial charge in [0.15, 0.2) is 0 Å². The molecular weight excluding hydrogens is 452 g/mol. The van der Waals surface area contributed by atoms with Gasteiger partial charge in [-0.25, -0.2) is 0 Å². The third kappa shape index (κ3) is 5.89. The highest BCUT2D eigenvalue weighted by Crippen LogP contribution is 2.33. The van der Waals surface area contributed by atoms with Crippen LogP contribution in [0.4, 0.5) is 5.00 Å². The van der Waals surface area contributed by atoms with Crippen LogP contribution in [0.15, 0.2) is 67.3 Å². The highest BCUT2D eigenvalue weighted by atomic mass is 32.1. The van der Waals surface area contributed by atoms with E-state index in [-0.39, 0.29) is 22.3 Å². The van der Waals surface area contributed by atoms with Gasteiger partial charge in [-0.05, 0) is 40.8 Å². The molecule has 0 spiro atoms. The van der Waals surface area contributed by atoms with Crippen molar-refractivity contribution in [2.24, 2.45) is 0 Å². The highest BCUT2D eigenvalue weighted by molar-refractivity contribution is 7.15. The summed E-state index contributed by atoms with van der Waals surface area (Å²) in [5.74, 6) is -0.365. The zero-order valence-corrected chi connectivity index (χ0v) is 19.5. The van der Waals surface area contributed by atoms with E-state index in [1.807, 2.05) is 36.4 Å². The van der Waals surface area contributed by atoms with Crippen LogP contribution in [0.3, 0.4) is 0 Å². The number of rotatable bonds is 10. The van der Waals surface area contributed by atoms with Crippen LogP contribution in [0.25, 0.3) is 0 Å². The molecule has 0 amide bonds. The van der Waals surface area contributed by atoms with Crippen LogP contribution in [-0.4, -0.2) is 27.4 Å². The maximum atomic E-state index is 11.1. The summed E-state index contributed by atoms with van der Waals surface area (Å²) in [7, 11) is 0. The molecule has 0 radical (unpaired) electrons. The fourth-order valence-corrected chi connectivity index (χ4v) is 5.16. The maximum absolute atomic E-state index is 11.1. The summed E-state index contributed by atoms with van der Waals surface area (Å²) < 4.78 is 5.94. The van der Waals surface area contributed by atoms with Crippen molar-refractivity contribution in [2.45, 2.75) is 38.5 Å². The minimum Gasteiger partial charge on any atom is -0.489 e. The molecule has 0 saturated carbocycles. The lowest BCUT2D eigenvalue weighted by molar-refractivity contribution is -0.380. The average molecular weight is 479 g/mol. The number of nitro groups is 1. The van der Waals surface area contributed by atoms with Gasteiger partial charge in [0.2, 0.25) is 0 Å². The Bertz CT molecular complexity index is 1190. The third-order valence-electron chi connectivity index (χ3n) is 5.90. The molecule has 8 heteroatoms. The van der Waals surface area contributed by atoms with E-state index < -0.39 is 5.97 Å². The predicted molar refractivity (Wildman–Crippen MR) is 131 cm³/mol.